The standard InChI is InChI=1S/C16H15N5O4/c1-8-5-13(18-12-6-9(25-2)3-4-10(8)12)21-17-7-11-14(22)19-16(24)20-15(11)23/h3-7H,1-2H3,(H,18,21)(H3,19,20,22,23,24). The molecule has 0 fully saturated rings. The van der Waals surface area contributed by atoms with Gasteiger partial charge in [0.05, 0.1) is 18.8 Å². The number of hydrogen-bond acceptors (Lipinski definition) is 7. The minimum Gasteiger partial charge on any atom is -0.497 e. The van der Waals surface area contributed by atoms with E-state index < -0.39 is 17.1 Å². The number of ether oxygens (including phenoxy) is 1. The van der Waals surface area contributed by atoms with Crippen LogP contribution in [0.15, 0.2) is 39.0 Å². The van der Waals surface area contributed by atoms with Crippen molar-refractivity contribution < 1.29 is 9.84 Å². The Morgan fingerprint density at radius 2 is 2.08 bits per heavy atom. The van der Waals surface area contributed by atoms with E-state index in [1.54, 1.807) is 19.2 Å². The van der Waals surface area contributed by atoms with E-state index >= 15 is 0 Å². The van der Waals surface area contributed by atoms with Gasteiger partial charge in [0.2, 0.25) is 5.88 Å². The van der Waals surface area contributed by atoms with E-state index in [0.29, 0.717) is 11.6 Å². The fourth-order valence-corrected chi connectivity index (χ4v) is 2.33. The number of anilines is 1. The second kappa shape index (κ2) is 6.48. The van der Waals surface area contributed by atoms with Gasteiger partial charge in [-0.15, -0.1) is 0 Å². The number of hydrogen-bond donors (Lipinski definition) is 4. The Bertz CT molecular complexity index is 1080. The Morgan fingerprint density at radius 1 is 1.28 bits per heavy atom. The Kier molecular flexibility index (Phi) is 4.21. The number of nitrogens with one attached hydrogen (secondary N) is 3. The van der Waals surface area contributed by atoms with E-state index in [2.05, 4.69) is 20.5 Å². The maximum Gasteiger partial charge on any atom is 0.328 e. The number of pyridine rings is 1. The molecule has 0 bridgehead atoms. The Hall–Kier alpha value is -3.62. The van der Waals surface area contributed by atoms with E-state index in [4.69, 9.17) is 4.74 Å². The number of methoxy groups -OCH3 is 1. The van der Waals surface area contributed by atoms with Gasteiger partial charge in [0.1, 0.15) is 17.1 Å². The molecule has 0 aliphatic carbocycles. The lowest BCUT2D eigenvalue weighted by Crippen LogP contribution is -2.25. The Labute approximate surface area is 141 Å². The minimum atomic E-state index is -0.798. The molecule has 0 aliphatic heterocycles. The van der Waals surface area contributed by atoms with Gasteiger partial charge in [-0.1, -0.05) is 0 Å². The van der Waals surface area contributed by atoms with Gasteiger partial charge in [0.15, 0.2) is 0 Å². The van der Waals surface area contributed by atoms with E-state index in [9.17, 15) is 14.7 Å². The van der Waals surface area contributed by atoms with Gasteiger partial charge in [-0.05, 0) is 30.7 Å². The van der Waals surface area contributed by atoms with Gasteiger partial charge >= 0.3 is 5.69 Å². The summed E-state index contributed by atoms with van der Waals surface area (Å²) < 4.78 is 5.19. The highest BCUT2D eigenvalue weighted by atomic mass is 16.5. The first kappa shape index (κ1) is 16.2. The lowest BCUT2D eigenvalue weighted by atomic mass is 10.1. The van der Waals surface area contributed by atoms with Gasteiger partial charge in [0.25, 0.3) is 5.56 Å². The van der Waals surface area contributed by atoms with Crippen LogP contribution in [0.5, 0.6) is 11.6 Å². The molecule has 128 valence electrons. The summed E-state index contributed by atoms with van der Waals surface area (Å²) in [6, 6.07) is 7.37. The number of hydrazone groups is 1. The molecule has 25 heavy (non-hydrogen) atoms. The lowest BCUT2D eigenvalue weighted by molar-refractivity contribution is 0.415. The number of nitrogens with zero attached hydrogens (tertiary/aromatic N) is 2. The summed E-state index contributed by atoms with van der Waals surface area (Å²) in [7, 11) is 1.58. The van der Waals surface area contributed by atoms with Crippen LogP contribution in [-0.4, -0.2) is 33.4 Å². The molecule has 0 amide bonds. The van der Waals surface area contributed by atoms with Crippen molar-refractivity contribution in [1.29, 1.82) is 0 Å². The fraction of sp³-hybridized carbons (Fsp3) is 0.125. The van der Waals surface area contributed by atoms with Gasteiger partial charge < -0.3 is 9.84 Å². The van der Waals surface area contributed by atoms with Crippen LogP contribution in [0, 0.1) is 6.92 Å². The lowest BCUT2D eigenvalue weighted by Gasteiger charge is -2.07. The average molecular weight is 341 g/mol. The number of aromatic hydroxyl groups is 1. The number of aryl methyl sites for hydroxylation is 1. The third-order valence-corrected chi connectivity index (χ3v) is 3.56. The minimum absolute atomic E-state index is 0.175. The van der Waals surface area contributed by atoms with Crippen LogP contribution < -0.4 is 21.4 Å². The summed E-state index contributed by atoms with van der Waals surface area (Å²) in [5.74, 6) is 0.575. The van der Waals surface area contributed by atoms with Gasteiger partial charge in [-0.25, -0.2) is 9.78 Å². The molecule has 2 heterocycles. The van der Waals surface area contributed by atoms with Crippen molar-refractivity contribution in [2.75, 3.05) is 12.5 Å². The second-order valence-corrected chi connectivity index (χ2v) is 5.25. The number of aromatic nitrogens is 3. The maximum atomic E-state index is 11.6. The first-order valence-corrected chi connectivity index (χ1v) is 7.28. The summed E-state index contributed by atoms with van der Waals surface area (Å²) in [6.07, 6.45) is 1.09. The Balaban J connectivity index is 1.91. The zero-order valence-corrected chi connectivity index (χ0v) is 13.5. The predicted molar refractivity (Wildman–Crippen MR) is 93.6 cm³/mol. The second-order valence-electron chi connectivity index (χ2n) is 5.25. The van der Waals surface area contributed by atoms with Crippen molar-refractivity contribution in [3.05, 3.63) is 56.2 Å². The quantitative estimate of drug-likeness (QED) is 0.415. The van der Waals surface area contributed by atoms with Crippen molar-refractivity contribution in [1.82, 2.24) is 15.0 Å². The molecule has 1 aromatic carbocycles. The molecule has 0 saturated carbocycles. The van der Waals surface area contributed by atoms with E-state index in [-0.39, 0.29) is 5.56 Å². The summed E-state index contributed by atoms with van der Waals surface area (Å²) >= 11 is 0. The van der Waals surface area contributed by atoms with Gasteiger partial charge in [-0.2, -0.15) is 5.10 Å². The zero-order chi connectivity index (χ0) is 18.0. The van der Waals surface area contributed by atoms with E-state index in [0.717, 1.165) is 22.7 Å². The molecule has 0 unspecified atom stereocenters. The number of fused-ring (bicyclic) bond motifs is 1. The first-order valence-electron chi connectivity index (χ1n) is 7.28. The van der Waals surface area contributed by atoms with E-state index in [1.807, 2.05) is 24.0 Å². The molecule has 0 spiro atoms. The summed E-state index contributed by atoms with van der Waals surface area (Å²) in [4.78, 5) is 31.1. The molecule has 9 heteroatoms. The number of H-pyrrole nitrogens is 2. The van der Waals surface area contributed by atoms with Crippen molar-refractivity contribution in [3.63, 3.8) is 0 Å². The molecule has 0 atom stereocenters. The normalized spacial score (nSPS) is 11.1. The van der Waals surface area contributed by atoms with Crippen molar-refractivity contribution in [2.24, 2.45) is 5.10 Å². The maximum absolute atomic E-state index is 11.6. The number of aromatic amines is 2. The van der Waals surface area contributed by atoms with Crippen LogP contribution in [0.3, 0.4) is 0 Å². The van der Waals surface area contributed by atoms with Crippen LogP contribution in [0.2, 0.25) is 0 Å². The molecule has 2 aromatic heterocycles. The smallest absolute Gasteiger partial charge is 0.328 e. The SMILES string of the molecule is COc1ccc2c(C)cc(NN=Cc3c(O)[nH]c(=O)[nH]c3=O)nc2c1. The van der Waals surface area contributed by atoms with Crippen molar-refractivity contribution >= 4 is 22.9 Å². The fourth-order valence-electron chi connectivity index (χ4n) is 2.33. The number of benzene rings is 1. The van der Waals surface area contributed by atoms with Crippen LogP contribution in [0.4, 0.5) is 5.82 Å². The predicted octanol–water partition coefficient (Wildman–Crippen LogP) is 1.08. The van der Waals surface area contributed by atoms with Gasteiger partial charge in [-0.3, -0.25) is 20.2 Å². The molecule has 3 aromatic rings. The Morgan fingerprint density at radius 3 is 2.80 bits per heavy atom. The van der Waals surface area contributed by atoms with Gasteiger partial charge in [0, 0.05) is 11.5 Å². The van der Waals surface area contributed by atoms with Crippen molar-refractivity contribution in [2.45, 2.75) is 6.92 Å². The first-order chi connectivity index (χ1) is 12.0. The third-order valence-electron chi connectivity index (χ3n) is 3.56. The summed E-state index contributed by atoms with van der Waals surface area (Å²) in [6.45, 7) is 1.93. The molecular formula is C16H15N5O4. The summed E-state index contributed by atoms with van der Waals surface area (Å²) in [5, 5.41) is 14.4. The highest BCUT2D eigenvalue weighted by Gasteiger charge is 2.06. The highest BCUT2D eigenvalue weighted by molar-refractivity contribution is 5.85. The molecule has 9 nitrogen and oxygen atoms in total. The topological polar surface area (TPSA) is 132 Å². The highest BCUT2D eigenvalue weighted by Crippen LogP contribution is 2.24. The molecule has 0 radical (unpaired) electrons. The van der Waals surface area contributed by atoms with E-state index in [1.165, 1.54) is 0 Å². The molecule has 0 aliphatic rings. The summed E-state index contributed by atoms with van der Waals surface area (Å²) in [5.41, 5.74) is 2.68. The average Bonchev–Trinajstić information content (AvgIpc) is 2.56. The van der Waals surface area contributed by atoms with Crippen LogP contribution >= 0.6 is 0 Å². The molecule has 3 rings (SSSR count). The molecular weight excluding hydrogens is 326 g/mol. The monoisotopic (exact) mass is 341 g/mol. The molecule has 4 N–H and O–H groups in total. The largest absolute Gasteiger partial charge is 0.497 e. The van der Waals surface area contributed by atoms with Crippen LogP contribution in [0.25, 0.3) is 10.9 Å². The molecule has 0 saturated heterocycles. The third kappa shape index (κ3) is 3.34. The van der Waals surface area contributed by atoms with Crippen LogP contribution in [0.1, 0.15) is 11.1 Å². The van der Waals surface area contributed by atoms with Crippen molar-refractivity contribution in [3.8, 4) is 11.6 Å². The number of rotatable bonds is 4. The van der Waals surface area contributed by atoms with Crippen LogP contribution in [-0.2, 0) is 0 Å². The zero-order valence-electron chi connectivity index (χ0n) is 13.5.